The van der Waals surface area contributed by atoms with Crippen LogP contribution >= 0.6 is 11.3 Å². The predicted molar refractivity (Wildman–Crippen MR) is 78.2 cm³/mol. The lowest BCUT2D eigenvalue weighted by molar-refractivity contribution is -0.135. The van der Waals surface area contributed by atoms with Crippen molar-refractivity contribution in [2.24, 2.45) is 5.92 Å². The summed E-state index contributed by atoms with van der Waals surface area (Å²) in [5, 5.41) is 5.03. The average Bonchev–Trinajstić information content (AvgIpc) is 2.99. The van der Waals surface area contributed by atoms with Gasteiger partial charge in [-0.25, -0.2) is 0 Å². The van der Waals surface area contributed by atoms with Crippen LogP contribution in [0, 0.1) is 5.92 Å². The van der Waals surface area contributed by atoms with Crippen LogP contribution in [-0.4, -0.2) is 29.3 Å². The van der Waals surface area contributed by atoms with Gasteiger partial charge in [-0.15, -0.1) is 11.3 Å². The molecular formula is C15H20N2O2S. The molecule has 20 heavy (non-hydrogen) atoms. The molecule has 1 saturated carbocycles. The van der Waals surface area contributed by atoms with Crippen LogP contribution in [0.15, 0.2) is 17.5 Å². The number of likely N-dealkylation sites (tertiary alicyclic amines) is 1. The van der Waals surface area contributed by atoms with Gasteiger partial charge >= 0.3 is 0 Å². The molecule has 5 heteroatoms. The van der Waals surface area contributed by atoms with Crippen LogP contribution in [0.25, 0.3) is 0 Å². The van der Waals surface area contributed by atoms with Gasteiger partial charge in [0.1, 0.15) is 6.04 Å². The molecule has 3 rings (SSSR count). The first-order chi connectivity index (χ1) is 9.74. The molecule has 108 valence electrons. The molecule has 1 aliphatic heterocycles. The molecule has 0 radical (unpaired) electrons. The molecule has 1 saturated heterocycles. The second-order valence-electron chi connectivity index (χ2n) is 5.70. The van der Waals surface area contributed by atoms with Gasteiger partial charge < -0.3 is 10.2 Å². The van der Waals surface area contributed by atoms with E-state index in [2.05, 4.69) is 5.32 Å². The fourth-order valence-electron chi connectivity index (χ4n) is 2.83. The van der Waals surface area contributed by atoms with E-state index >= 15 is 0 Å². The number of hydrogen-bond donors (Lipinski definition) is 1. The summed E-state index contributed by atoms with van der Waals surface area (Å²) in [4.78, 5) is 27.1. The highest BCUT2D eigenvalue weighted by Crippen LogP contribution is 2.26. The summed E-state index contributed by atoms with van der Waals surface area (Å²) in [7, 11) is 0. The van der Waals surface area contributed by atoms with Crippen molar-refractivity contribution in [3.05, 3.63) is 22.4 Å². The number of hydrogen-bond acceptors (Lipinski definition) is 3. The zero-order valence-corrected chi connectivity index (χ0v) is 12.3. The van der Waals surface area contributed by atoms with Gasteiger partial charge in [0, 0.05) is 17.8 Å². The minimum Gasteiger partial charge on any atom is -0.354 e. The van der Waals surface area contributed by atoms with Crippen LogP contribution in [-0.2, 0) is 16.1 Å². The van der Waals surface area contributed by atoms with E-state index in [1.54, 1.807) is 16.2 Å². The van der Waals surface area contributed by atoms with E-state index in [0.717, 1.165) is 11.4 Å². The van der Waals surface area contributed by atoms with Gasteiger partial charge in [-0.2, -0.15) is 0 Å². The van der Waals surface area contributed by atoms with Crippen molar-refractivity contribution in [1.29, 1.82) is 0 Å². The van der Waals surface area contributed by atoms with E-state index in [1.807, 2.05) is 17.5 Å². The first kappa shape index (κ1) is 13.6. The third kappa shape index (κ3) is 2.87. The van der Waals surface area contributed by atoms with Gasteiger partial charge in [0.25, 0.3) is 0 Å². The van der Waals surface area contributed by atoms with Crippen molar-refractivity contribution in [2.75, 3.05) is 6.54 Å². The number of amides is 2. The summed E-state index contributed by atoms with van der Waals surface area (Å²) in [5.41, 5.74) is 0. The molecule has 1 aliphatic carbocycles. The van der Waals surface area contributed by atoms with E-state index in [-0.39, 0.29) is 17.9 Å². The van der Waals surface area contributed by atoms with Gasteiger partial charge in [-0.3, -0.25) is 9.59 Å². The number of carbonyl (C=O) groups excluding carboxylic acids is 2. The van der Waals surface area contributed by atoms with E-state index < -0.39 is 0 Å². The van der Waals surface area contributed by atoms with Crippen LogP contribution in [0.3, 0.4) is 0 Å². The number of thiophene rings is 1. The molecule has 2 fully saturated rings. The third-order valence-corrected chi connectivity index (χ3v) is 5.19. The molecule has 1 N–H and O–H groups in total. The Labute approximate surface area is 123 Å². The summed E-state index contributed by atoms with van der Waals surface area (Å²) in [6.07, 6.45) is 4.88. The maximum absolute atomic E-state index is 12.3. The standard InChI is InChI=1S/C15H20N2O2S/c18-14-7-6-13(15(19)16-9-11-3-1-4-11)17(14)10-12-5-2-8-20-12/h2,5,8,11,13H,1,3-4,6-7,9-10H2,(H,16,19). The van der Waals surface area contributed by atoms with Crippen LogP contribution < -0.4 is 5.32 Å². The molecule has 0 spiro atoms. The zero-order valence-electron chi connectivity index (χ0n) is 11.5. The Morgan fingerprint density at radius 3 is 2.90 bits per heavy atom. The smallest absolute Gasteiger partial charge is 0.242 e. The summed E-state index contributed by atoms with van der Waals surface area (Å²) in [6, 6.07) is 3.72. The van der Waals surface area contributed by atoms with E-state index in [1.165, 1.54) is 19.3 Å². The summed E-state index contributed by atoms with van der Waals surface area (Å²) in [6.45, 7) is 1.34. The highest BCUT2D eigenvalue weighted by molar-refractivity contribution is 7.09. The van der Waals surface area contributed by atoms with Gasteiger partial charge in [-0.1, -0.05) is 12.5 Å². The average molecular weight is 292 g/mol. The lowest BCUT2D eigenvalue weighted by atomic mass is 9.85. The Morgan fingerprint density at radius 2 is 2.25 bits per heavy atom. The Balaban J connectivity index is 1.58. The molecule has 1 atom stereocenters. The molecule has 2 aliphatic rings. The first-order valence-electron chi connectivity index (χ1n) is 7.33. The van der Waals surface area contributed by atoms with Crippen molar-refractivity contribution < 1.29 is 9.59 Å². The van der Waals surface area contributed by atoms with Crippen molar-refractivity contribution in [3.63, 3.8) is 0 Å². The lowest BCUT2D eigenvalue weighted by Gasteiger charge is -2.28. The number of nitrogens with zero attached hydrogens (tertiary/aromatic N) is 1. The second-order valence-corrected chi connectivity index (χ2v) is 6.73. The number of rotatable bonds is 5. The van der Waals surface area contributed by atoms with Crippen molar-refractivity contribution in [1.82, 2.24) is 10.2 Å². The Morgan fingerprint density at radius 1 is 1.40 bits per heavy atom. The molecule has 4 nitrogen and oxygen atoms in total. The summed E-state index contributed by atoms with van der Waals surface area (Å²) < 4.78 is 0. The molecule has 2 amide bonds. The quantitative estimate of drug-likeness (QED) is 0.904. The van der Waals surface area contributed by atoms with Gasteiger partial charge in [0.2, 0.25) is 11.8 Å². The lowest BCUT2D eigenvalue weighted by Crippen LogP contribution is -2.45. The molecule has 1 aromatic heterocycles. The first-order valence-corrected chi connectivity index (χ1v) is 8.21. The minimum atomic E-state index is -0.273. The van der Waals surface area contributed by atoms with Gasteiger partial charge in [0.05, 0.1) is 6.54 Å². The zero-order chi connectivity index (χ0) is 13.9. The largest absolute Gasteiger partial charge is 0.354 e. The van der Waals surface area contributed by atoms with Crippen LogP contribution in [0.4, 0.5) is 0 Å². The van der Waals surface area contributed by atoms with Crippen LogP contribution in [0.1, 0.15) is 37.0 Å². The maximum atomic E-state index is 12.3. The second kappa shape index (κ2) is 5.95. The van der Waals surface area contributed by atoms with Gasteiger partial charge in [-0.05, 0) is 36.6 Å². The highest BCUT2D eigenvalue weighted by atomic mass is 32.1. The minimum absolute atomic E-state index is 0.0271. The SMILES string of the molecule is O=C(NCC1CCC1)C1CCC(=O)N1Cc1cccs1. The fourth-order valence-corrected chi connectivity index (χ4v) is 3.54. The fraction of sp³-hybridized carbons (Fsp3) is 0.600. The predicted octanol–water partition coefficient (Wildman–Crippen LogP) is 2.16. The van der Waals surface area contributed by atoms with Crippen LogP contribution in [0.5, 0.6) is 0 Å². The number of carbonyl (C=O) groups is 2. The molecule has 2 heterocycles. The monoisotopic (exact) mass is 292 g/mol. The van der Waals surface area contributed by atoms with E-state index in [9.17, 15) is 9.59 Å². The van der Waals surface area contributed by atoms with Gasteiger partial charge in [0.15, 0.2) is 0 Å². The molecule has 0 bridgehead atoms. The Hall–Kier alpha value is -1.36. The highest BCUT2D eigenvalue weighted by Gasteiger charge is 2.36. The van der Waals surface area contributed by atoms with Crippen LogP contribution in [0.2, 0.25) is 0 Å². The molecular weight excluding hydrogens is 272 g/mol. The van der Waals surface area contributed by atoms with E-state index in [0.29, 0.717) is 25.3 Å². The topological polar surface area (TPSA) is 49.4 Å². The summed E-state index contributed by atoms with van der Waals surface area (Å²) in [5.74, 6) is 0.781. The van der Waals surface area contributed by atoms with E-state index in [4.69, 9.17) is 0 Å². The summed E-state index contributed by atoms with van der Waals surface area (Å²) >= 11 is 1.63. The molecule has 1 aromatic rings. The Kier molecular flexibility index (Phi) is 4.05. The molecule has 0 aromatic carbocycles. The maximum Gasteiger partial charge on any atom is 0.242 e. The van der Waals surface area contributed by atoms with Crippen molar-refractivity contribution >= 4 is 23.2 Å². The third-order valence-electron chi connectivity index (χ3n) is 4.33. The van der Waals surface area contributed by atoms with Crippen molar-refractivity contribution in [2.45, 2.75) is 44.7 Å². The normalized spacial score (nSPS) is 22.9. The molecule has 1 unspecified atom stereocenters. The van der Waals surface area contributed by atoms with Crippen molar-refractivity contribution in [3.8, 4) is 0 Å². The number of nitrogens with one attached hydrogen (secondary N) is 1. The Bertz CT molecular complexity index is 482.